The molecule has 184 valence electrons. The zero-order valence-electron chi connectivity index (χ0n) is 21.8. The maximum absolute atomic E-state index is 13.3. The topological polar surface area (TPSA) is 51.0 Å². The molecule has 1 atom stereocenters. The molecule has 2 heterocycles. The number of hydrogen-bond donors (Lipinski definition) is 0. The smallest absolute Gasteiger partial charge is 0.138 e. The lowest BCUT2D eigenvalue weighted by atomic mass is 9.71. The number of carbonyl (C=O) groups is 1. The molecule has 2 saturated carbocycles. The number of Topliss-reactive ketones (excluding diaryl/α,β-unsaturated/α-hetero) is 1. The summed E-state index contributed by atoms with van der Waals surface area (Å²) in [6.45, 7) is 11.0. The maximum Gasteiger partial charge on any atom is 0.138 e. The molecule has 5 heteroatoms. The van der Waals surface area contributed by atoms with Crippen molar-refractivity contribution in [2.75, 3.05) is 20.1 Å². The third kappa shape index (κ3) is 5.00. The van der Waals surface area contributed by atoms with Crippen molar-refractivity contribution in [1.29, 1.82) is 0 Å². The first kappa shape index (κ1) is 23.7. The van der Waals surface area contributed by atoms with Gasteiger partial charge in [0.1, 0.15) is 17.4 Å². The molecule has 1 unspecified atom stereocenters. The summed E-state index contributed by atoms with van der Waals surface area (Å²) in [6.07, 6.45) is 7.40. The zero-order valence-corrected chi connectivity index (χ0v) is 21.8. The minimum absolute atomic E-state index is 0.183. The van der Waals surface area contributed by atoms with Gasteiger partial charge in [-0.1, -0.05) is 37.6 Å². The van der Waals surface area contributed by atoms with Crippen LogP contribution in [0.5, 0.6) is 0 Å². The standard InChI is InChI=1S/C29H42N4O/c1-18(2)10-21-12-23(13-21)28-30-31-29(33(28)25-8-9-25)27(24-16-32(5)17-24)15-26(34)14-22-7-6-19(3)11-20(22)4/h6-7,11,18,21,23-25,27H,8-10,12-17H2,1-5H3. The molecule has 5 nitrogen and oxygen atoms in total. The van der Waals surface area contributed by atoms with Crippen molar-refractivity contribution in [2.45, 2.75) is 90.5 Å². The van der Waals surface area contributed by atoms with E-state index < -0.39 is 0 Å². The van der Waals surface area contributed by atoms with Crippen LogP contribution in [0.3, 0.4) is 0 Å². The first-order valence-electron chi connectivity index (χ1n) is 13.5. The minimum atomic E-state index is 0.183. The zero-order chi connectivity index (χ0) is 24.0. The van der Waals surface area contributed by atoms with Gasteiger partial charge in [-0.05, 0) is 81.9 Å². The van der Waals surface area contributed by atoms with E-state index in [4.69, 9.17) is 10.2 Å². The van der Waals surface area contributed by atoms with E-state index in [2.05, 4.69) is 62.4 Å². The monoisotopic (exact) mass is 462 g/mol. The van der Waals surface area contributed by atoms with E-state index in [0.29, 0.717) is 36.5 Å². The quantitative estimate of drug-likeness (QED) is 0.460. The van der Waals surface area contributed by atoms with Crippen LogP contribution in [0.25, 0.3) is 0 Å². The van der Waals surface area contributed by atoms with E-state index in [0.717, 1.165) is 36.3 Å². The van der Waals surface area contributed by atoms with Gasteiger partial charge in [-0.2, -0.15) is 0 Å². The van der Waals surface area contributed by atoms with Crippen LogP contribution >= 0.6 is 0 Å². The van der Waals surface area contributed by atoms with E-state index in [1.165, 1.54) is 49.1 Å². The Kier molecular flexibility index (Phi) is 6.67. The highest BCUT2D eigenvalue weighted by Crippen LogP contribution is 2.48. The third-order valence-electron chi connectivity index (χ3n) is 8.39. The number of ketones is 1. The van der Waals surface area contributed by atoms with Gasteiger partial charge in [0.05, 0.1) is 0 Å². The van der Waals surface area contributed by atoms with Gasteiger partial charge >= 0.3 is 0 Å². The SMILES string of the molecule is Cc1ccc(CC(=O)CC(c2nnc(C3CC(CC(C)C)C3)n2C2CC2)C2CN(C)C2)c(C)c1. The van der Waals surface area contributed by atoms with Crippen molar-refractivity contribution >= 4 is 5.78 Å². The molecule has 0 amide bonds. The first-order valence-corrected chi connectivity index (χ1v) is 13.5. The van der Waals surface area contributed by atoms with Crippen LogP contribution in [0.15, 0.2) is 18.2 Å². The number of carbonyl (C=O) groups excluding carboxylic acids is 1. The molecule has 1 saturated heterocycles. The summed E-state index contributed by atoms with van der Waals surface area (Å²) in [5.74, 6) is 5.51. The van der Waals surface area contributed by atoms with Gasteiger partial charge in [-0.25, -0.2) is 0 Å². The first-order chi connectivity index (χ1) is 16.3. The third-order valence-corrected chi connectivity index (χ3v) is 8.39. The van der Waals surface area contributed by atoms with Crippen LogP contribution < -0.4 is 0 Å². The molecule has 3 fully saturated rings. The predicted octanol–water partition coefficient (Wildman–Crippen LogP) is 5.62. The van der Waals surface area contributed by atoms with E-state index in [9.17, 15) is 4.79 Å². The number of aryl methyl sites for hydroxylation is 2. The lowest BCUT2D eigenvalue weighted by Gasteiger charge is -2.41. The van der Waals surface area contributed by atoms with Gasteiger partial charge in [0.25, 0.3) is 0 Å². The summed E-state index contributed by atoms with van der Waals surface area (Å²) in [5.41, 5.74) is 3.63. The second-order valence-electron chi connectivity index (χ2n) is 12.1. The van der Waals surface area contributed by atoms with Crippen LogP contribution in [-0.4, -0.2) is 45.6 Å². The molecule has 3 aliphatic rings. The van der Waals surface area contributed by atoms with Crippen LogP contribution in [0.2, 0.25) is 0 Å². The van der Waals surface area contributed by atoms with Crippen LogP contribution in [0.1, 0.15) is 98.6 Å². The van der Waals surface area contributed by atoms with Crippen molar-refractivity contribution in [1.82, 2.24) is 19.7 Å². The Morgan fingerprint density at radius 3 is 2.47 bits per heavy atom. The minimum Gasteiger partial charge on any atom is -0.311 e. The van der Waals surface area contributed by atoms with Crippen LogP contribution in [-0.2, 0) is 11.2 Å². The van der Waals surface area contributed by atoms with Crippen LogP contribution in [0, 0.1) is 31.6 Å². The predicted molar refractivity (Wildman–Crippen MR) is 136 cm³/mol. The average Bonchev–Trinajstić information content (AvgIpc) is 3.47. The van der Waals surface area contributed by atoms with E-state index >= 15 is 0 Å². The molecule has 2 aliphatic carbocycles. The normalized spacial score (nSPS) is 24.2. The summed E-state index contributed by atoms with van der Waals surface area (Å²) in [5, 5.41) is 9.62. The maximum atomic E-state index is 13.3. The molecule has 0 N–H and O–H groups in total. The lowest BCUT2D eigenvalue weighted by Crippen LogP contribution is -2.47. The molecule has 0 radical (unpaired) electrons. The fourth-order valence-corrected chi connectivity index (χ4v) is 6.40. The van der Waals surface area contributed by atoms with Gasteiger partial charge in [0.2, 0.25) is 0 Å². The van der Waals surface area contributed by atoms with Gasteiger partial charge < -0.3 is 9.47 Å². The van der Waals surface area contributed by atoms with E-state index in [-0.39, 0.29) is 5.92 Å². The molecule has 34 heavy (non-hydrogen) atoms. The second kappa shape index (κ2) is 9.56. The Morgan fingerprint density at radius 2 is 1.85 bits per heavy atom. The summed E-state index contributed by atoms with van der Waals surface area (Å²) in [4.78, 5) is 15.7. The Labute approximate surface area is 205 Å². The van der Waals surface area contributed by atoms with Crippen molar-refractivity contribution in [3.63, 3.8) is 0 Å². The molecular formula is C29H42N4O. The molecule has 2 aromatic rings. The van der Waals surface area contributed by atoms with Gasteiger partial charge in [-0.3, -0.25) is 4.79 Å². The number of likely N-dealkylation sites (tertiary alicyclic amines) is 1. The highest BCUT2D eigenvalue weighted by atomic mass is 16.1. The highest BCUT2D eigenvalue weighted by Gasteiger charge is 2.42. The summed E-state index contributed by atoms with van der Waals surface area (Å²) in [7, 11) is 2.17. The van der Waals surface area contributed by atoms with Gasteiger partial charge in [0.15, 0.2) is 0 Å². The van der Waals surface area contributed by atoms with Crippen LogP contribution in [0.4, 0.5) is 0 Å². The number of rotatable bonds is 10. The Bertz CT molecular complexity index is 1020. The van der Waals surface area contributed by atoms with Crippen molar-refractivity contribution in [2.24, 2.45) is 17.8 Å². The van der Waals surface area contributed by atoms with Crippen molar-refractivity contribution in [3.8, 4) is 0 Å². The Hall–Kier alpha value is -2.01. The fourth-order valence-electron chi connectivity index (χ4n) is 6.40. The van der Waals surface area contributed by atoms with Gasteiger partial charge in [0, 0.05) is 43.8 Å². The van der Waals surface area contributed by atoms with Crippen molar-refractivity contribution < 1.29 is 4.79 Å². The van der Waals surface area contributed by atoms with Crippen molar-refractivity contribution in [3.05, 3.63) is 46.5 Å². The second-order valence-corrected chi connectivity index (χ2v) is 12.1. The largest absolute Gasteiger partial charge is 0.311 e. The van der Waals surface area contributed by atoms with E-state index in [1.807, 2.05) is 0 Å². The number of aromatic nitrogens is 3. The Morgan fingerprint density at radius 1 is 1.12 bits per heavy atom. The highest BCUT2D eigenvalue weighted by molar-refractivity contribution is 5.82. The summed E-state index contributed by atoms with van der Waals surface area (Å²) >= 11 is 0. The molecular weight excluding hydrogens is 420 g/mol. The number of benzene rings is 1. The molecule has 1 aliphatic heterocycles. The summed E-state index contributed by atoms with van der Waals surface area (Å²) in [6, 6.07) is 6.99. The Balaban J connectivity index is 1.35. The molecule has 5 rings (SSSR count). The number of nitrogens with zero attached hydrogens (tertiary/aromatic N) is 4. The fraction of sp³-hybridized carbons (Fsp3) is 0.690. The van der Waals surface area contributed by atoms with Gasteiger partial charge in [-0.15, -0.1) is 10.2 Å². The lowest BCUT2D eigenvalue weighted by molar-refractivity contribution is -0.119. The molecule has 1 aromatic carbocycles. The molecule has 0 spiro atoms. The summed E-state index contributed by atoms with van der Waals surface area (Å²) < 4.78 is 2.50. The van der Waals surface area contributed by atoms with E-state index in [1.54, 1.807) is 0 Å². The molecule has 1 aromatic heterocycles. The molecule has 0 bridgehead atoms. The number of hydrogen-bond acceptors (Lipinski definition) is 4. The average molecular weight is 463 g/mol.